The number of benzene rings is 3. The van der Waals surface area contributed by atoms with Gasteiger partial charge in [0.15, 0.2) is 0 Å². The summed E-state index contributed by atoms with van der Waals surface area (Å²) in [5.74, 6) is -0.958. The van der Waals surface area contributed by atoms with E-state index >= 15 is 0 Å². The molecular weight excluding hydrogens is 503 g/mol. The van der Waals surface area contributed by atoms with Gasteiger partial charge in [0.25, 0.3) is 15.9 Å². The maximum absolute atomic E-state index is 14.4. The fraction of sp³-hybridized carbons (Fsp3) is 0.172. The molecule has 0 unspecified atom stereocenters. The zero-order valence-corrected chi connectivity index (χ0v) is 22.5. The van der Waals surface area contributed by atoms with Crippen molar-refractivity contribution in [3.63, 3.8) is 0 Å². The number of hydrazone groups is 1. The van der Waals surface area contributed by atoms with Crippen molar-refractivity contribution in [1.82, 2.24) is 9.99 Å². The Morgan fingerprint density at radius 3 is 2.34 bits per heavy atom. The molecule has 1 heterocycles. The van der Waals surface area contributed by atoms with Gasteiger partial charge in [-0.1, -0.05) is 48.0 Å². The van der Waals surface area contributed by atoms with Gasteiger partial charge in [-0.05, 0) is 69.7 Å². The molecule has 0 saturated heterocycles. The van der Waals surface area contributed by atoms with Crippen molar-refractivity contribution in [1.29, 1.82) is 0 Å². The summed E-state index contributed by atoms with van der Waals surface area (Å²) < 4.78 is 44.3. The Labute approximate surface area is 222 Å². The zero-order chi connectivity index (χ0) is 27.4. The van der Waals surface area contributed by atoms with Gasteiger partial charge >= 0.3 is 0 Å². The topological polar surface area (TPSA) is 83.8 Å². The lowest BCUT2D eigenvalue weighted by Gasteiger charge is -2.25. The summed E-state index contributed by atoms with van der Waals surface area (Å²) >= 11 is 0. The summed E-state index contributed by atoms with van der Waals surface area (Å²) in [6.45, 7) is 6.93. The molecule has 0 aliphatic heterocycles. The molecule has 0 spiro atoms. The number of carbonyl (C=O) groups is 1. The molecule has 38 heavy (non-hydrogen) atoms. The van der Waals surface area contributed by atoms with Crippen LogP contribution >= 0.6 is 0 Å². The molecule has 0 aliphatic rings. The molecule has 1 aromatic heterocycles. The van der Waals surface area contributed by atoms with Gasteiger partial charge in [-0.3, -0.25) is 9.10 Å². The second kappa shape index (κ2) is 11.0. The van der Waals surface area contributed by atoms with Crippen LogP contribution in [0.4, 0.5) is 10.1 Å². The average molecular weight is 533 g/mol. The van der Waals surface area contributed by atoms with Gasteiger partial charge in [0, 0.05) is 17.0 Å². The van der Waals surface area contributed by atoms with E-state index in [-0.39, 0.29) is 10.7 Å². The molecule has 0 radical (unpaired) electrons. The van der Waals surface area contributed by atoms with Crippen LogP contribution in [0.2, 0.25) is 0 Å². The first-order chi connectivity index (χ1) is 18.1. The normalized spacial score (nSPS) is 11.6. The number of carbonyl (C=O) groups excluding carboxylic acids is 1. The Kier molecular flexibility index (Phi) is 7.78. The van der Waals surface area contributed by atoms with E-state index in [2.05, 4.69) is 10.5 Å². The summed E-state index contributed by atoms with van der Waals surface area (Å²) in [6.07, 6.45) is 1.46. The van der Waals surface area contributed by atoms with E-state index in [0.29, 0.717) is 16.9 Å². The number of hydrogen-bond donors (Lipinski definition) is 1. The summed E-state index contributed by atoms with van der Waals surface area (Å²) in [4.78, 5) is 13.0. The number of anilines is 1. The largest absolute Gasteiger partial charge is 0.315 e. The molecule has 9 heteroatoms. The molecule has 7 nitrogen and oxygen atoms in total. The highest BCUT2D eigenvalue weighted by molar-refractivity contribution is 7.92. The van der Waals surface area contributed by atoms with Crippen LogP contribution in [0.15, 0.2) is 88.9 Å². The van der Waals surface area contributed by atoms with Crippen molar-refractivity contribution in [3.05, 3.63) is 113 Å². The van der Waals surface area contributed by atoms with Crippen LogP contribution in [0.5, 0.6) is 0 Å². The SMILES string of the molecule is Cc1ccc(N(CC(=O)N/N=C/c2cc(C)n(-c3ccccc3F)c2C)S(=O)(=O)c2ccccc2)c(C)c1. The smallest absolute Gasteiger partial charge is 0.264 e. The number of halogens is 1. The molecule has 0 aliphatic carbocycles. The van der Waals surface area contributed by atoms with Crippen molar-refractivity contribution < 1.29 is 17.6 Å². The first-order valence-corrected chi connectivity index (χ1v) is 13.4. The minimum Gasteiger partial charge on any atom is -0.315 e. The number of aryl methyl sites for hydroxylation is 3. The van der Waals surface area contributed by atoms with Crippen molar-refractivity contribution in [2.75, 3.05) is 10.8 Å². The van der Waals surface area contributed by atoms with E-state index in [1.165, 1.54) is 24.4 Å². The summed E-state index contributed by atoms with van der Waals surface area (Å²) in [5, 5.41) is 4.06. The maximum atomic E-state index is 14.4. The van der Waals surface area contributed by atoms with E-state index in [1.54, 1.807) is 60.0 Å². The third-order valence-corrected chi connectivity index (χ3v) is 7.97. The third kappa shape index (κ3) is 5.52. The second-order valence-electron chi connectivity index (χ2n) is 9.02. The minimum absolute atomic E-state index is 0.0804. The predicted molar refractivity (Wildman–Crippen MR) is 148 cm³/mol. The lowest BCUT2D eigenvalue weighted by molar-refractivity contribution is -0.119. The molecule has 4 aromatic rings. The molecule has 0 bridgehead atoms. The van der Waals surface area contributed by atoms with Crippen LogP contribution in [0.3, 0.4) is 0 Å². The highest BCUT2D eigenvalue weighted by atomic mass is 32.2. The van der Waals surface area contributed by atoms with E-state index < -0.39 is 22.5 Å². The molecule has 196 valence electrons. The van der Waals surface area contributed by atoms with Gasteiger partial charge < -0.3 is 4.57 Å². The van der Waals surface area contributed by atoms with Gasteiger partial charge in [-0.2, -0.15) is 5.10 Å². The summed E-state index contributed by atoms with van der Waals surface area (Å²) in [7, 11) is -4.02. The summed E-state index contributed by atoms with van der Waals surface area (Å²) in [6, 6.07) is 21.6. The van der Waals surface area contributed by atoms with E-state index in [1.807, 2.05) is 32.9 Å². The summed E-state index contributed by atoms with van der Waals surface area (Å²) in [5.41, 5.74) is 7.20. The Morgan fingerprint density at radius 1 is 0.974 bits per heavy atom. The first-order valence-electron chi connectivity index (χ1n) is 12.0. The van der Waals surface area contributed by atoms with Gasteiger partial charge in [0.2, 0.25) is 0 Å². The van der Waals surface area contributed by atoms with Gasteiger partial charge in [-0.15, -0.1) is 0 Å². The molecule has 0 atom stereocenters. The highest BCUT2D eigenvalue weighted by Crippen LogP contribution is 2.27. The predicted octanol–water partition coefficient (Wildman–Crippen LogP) is 5.20. The number of rotatable bonds is 8. The number of sulfonamides is 1. The monoisotopic (exact) mass is 532 g/mol. The maximum Gasteiger partial charge on any atom is 0.264 e. The van der Waals surface area contributed by atoms with Crippen LogP contribution in [-0.2, 0) is 14.8 Å². The molecule has 0 saturated carbocycles. The van der Waals surface area contributed by atoms with Crippen molar-refractivity contribution in [3.8, 4) is 5.69 Å². The van der Waals surface area contributed by atoms with Gasteiger partial charge in [-0.25, -0.2) is 18.2 Å². The van der Waals surface area contributed by atoms with Crippen LogP contribution in [0, 0.1) is 33.5 Å². The van der Waals surface area contributed by atoms with Crippen molar-refractivity contribution in [2.24, 2.45) is 5.10 Å². The van der Waals surface area contributed by atoms with E-state index in [9.17, 15) is 17.6 Å². The number of hydrogen-bond acceptors (Lipinski definition) is 4. The van der Waals surface area contributed by atoms with Crippen molar-refractivity contribution in [2.45, 2.75) is 32.6 Å². The average Bonchev–Trinajstić information content (AvgIpc) is 3.16. The molecule has 0 fully saturated rings. The molecule has 4 rings (SSSR count). The Hall–Kier alpha value is -4.24. The molecule has 1 amide bonds. The van der Waals surface area contributed by atoms with Crippen LogP contribution in [0.25, 0.3) is 5.69 Å². The lowest BCUT2D eigenvalue weighted by Crippen LogP contribution is -2.40. The standard InChI is InChI=1S/C29H29FN4O3S/c1-20-14-15-27(21(2)16-20)33(38(36,37)25-10-6-5-7-11-25)19-29(35)32-31-18-24-17-22(3)34(23(24)4)28-13-9-8-12-26(28)30/h5-18H,19H2,1-4H3,(H,32,35)/b31-18+. The Bertz CT molecular complexity index is 1610. The molecule has 1 N–H and O–H groups in total. The number of amides is 1. The number of para-hydroxylation sites is 1. The van der Waals surface area contributed by atoms with E-state index in [0.717, 1.165) is 26.8 Å². The Morgan fingerprint density at radius 2 is 1.66 bits per heavy atom. The quantitative estimate of drug-likeness (QED) is 0.250. The van der Waals surface area contributed by atoms with Crippen LogP contribution < -0.4 is 9.73 Å². The zero-order valence-electron chi connectivity index (χ0n) is 21.6. The van der Waals surface area contributed by atoms with Gasteiger partial charge in [0.1, 0.15) is 12.4 Å². The van der Waals surface area contributed by atoms with Crippen LogP contribution in [-0.4, -0.2) is 31.7 Å². The van der Waals surface area contributed by atoms with E-state index in [4.69, 9.17) is 0 Å². The fourth-order valence-electron chi connectivity index (χ4n) is 4.37. The lowest BCUT2D eigenvalue weighted by atomic mass is 10.1. The Balaban J connectivity index is 1.58. The number of nitrogens with zero attached hydrogens (tertiary/aromatic N) is 3. The first kappa shape index (κ1) is 26.8. The highest BCUT2D eigenvalue weighted by Gasteiger charge is 2.28. The number of aromatic nitrogens is 1. The third-order valence-electron chi connectivity index (χ3n) is 6.20. The molecular formula is C29H29FN4O3S. The van der Waals surface area contributed by atoms with Gasteiger partial charge in [0.05, 0.1) is 22.5 Å². The fourth-order valence-corrected chi connectivity index (χ4v) is 5.87. The second-order valence-corrected chi connectivity index (χ2v) is 10.9. The number of nitrogens with one attached hydrogen (secondary N) is 1. The minimum atomic E-state index is -4.02. The van der Waals surface area contributed by atoms with Crippen LogP contribution in [0.1, 0.15) is 28.1 Å². The van der Waals surface area contributed by atoms with Crippen molar-refractivity contribution >= 4 is 27.8 Å². The molecule has 3 aromatic carbocycles.